The second-order valence-corrected chi connectivity index (χ2v) is 5.09. The summed E-state index contributed by atoms with van der Waals surface area (Å²) in [5, 5.41) is 4.64. The Bertz CT molecular complexity index is 546. The van der Waals surface area contributed by atoms with E-state index in [0.717, 1.165) is 34.3 Å². The Morgan fingerprint density at radius 3 is 2.56 bits per heavy atom. The molecule has 2 N–H and O–H groups in total. The number of aromatic nitrogens is 2. The third-order valence-electron chi connectivity index (χ3n) is 3.03. The smallest absolute Gasteiger partial charge is 0.0791 e. The van der Waals surface area contributed by atoms with E-state index in [9.17, 15) is 0 Å². The fourth-order valence-electron chi connectivity index (χ4n) is 1.96. The van der Waals surface area contributed by atoms with Crippen molar-refractivity contribution >= 4 is 15.9 Å². The molecule has 0 saturated heterocycles. The van der Waals surface area contributed by atoms with Crippen molar-refractivity contribution in [3.8, 4) is 5.69 Å². The summed E-state index contributed by atoms with van der Waals surface area (Å²) >= 11 is 3.60. The SMILES string of the molecule is CCc1cc(CC)n(-c2ccc(CN)cc2Br)n1. The summed E-state index contributed by atoms with van der Waals surface area (Å²) in [5.74, 6) is 0. The molecular formula is C14H18BrN3. The fraction of sp³-hybridized carbons (Fsp3) is 0.357. The van der Waals surface area contributed by atoms with Gasteiger partial charge in [0.05, 0.1) is 11.4 Å². The largest absolute Gasteiger partial charge is 0.326 e. The molecule has 0 saturated carbocycles. The maximum atomic E-state index is 5.65. The van der Waals surface area contributed by atoms with Crippen LogP contribution in [0.3, 0.4) is 0 Å². The average Bonchev–Trinajstić information content (AvgIpc) is 2.81. The Labute approximate surface area is 116 Å². The van der Waals surface area contributed by atoms with Gasteiger partial charge in [-0.1, -0.05) is 19.9 Å². The molecule has 0 aliphatic rings. The van der Waals surface area contributed by atoms with Gasteiger partial charge in [-0.3, -0.25) is 0 Å². The van der Waals surface area contributed by atoms with E-state index in [1.165, 1.54) is 5.69 Å². The minimum absolute atomic E-state index is 0.554. The van der Waals surface area contributed by atoms with Crippen LogP contribution < -0.4 is 5.73 Å². The highest BCUT2D eigenvalue weighted by Crippen LogP contribution is 2.24. The van der Waals surface area contributed by atoms with Crippen LogP contribution in [0.15, 0.2) is 28.7 Å². The second-order valence-electron chi connectivity index (χ2n) is 4.24. The zero-order valence-corrected chi connectivity index (χ0v) is 12.4. The minimum atomic E-state index is 0.554. The zero-order chi connectivity index (χ0) is 13.1. The molecule has 96 valence electrons. The number of nitrogens with zero attached hydrogens (tertiary/aromatic N) is 2. The molecule has 0 amide bonds. The number of rotatable bonds is 4. The van der Waals surface area contributed by atoms with Gasteiger partial charge >= 0.3 is 0 Å². The molecule has 2 rings (SSSR count). The van der Waals surface area contributed by atoms with Crippen LogP contribution in [0.2, 0.25) is 0 Å². The molecule has 3 nitrogen and oxygen atoms in total. The van der Waals surface area contributed by atoms with Crippen LogP contribution in [0.5, 0.6) is 0 Å². The molecule has 2 aromatic rings. The molecule has 0 bridgehead atoms. The van der Waals surface area contributed by atoms with Crippen LogP contribution in [0.1, 0.15) is 30.8 Å². The first kappa shape index (κ1) is 13.3. The lowest BCUT2D eigenvalue weighted by Crippen LogP contribution is -2.04. The molecule has 1 heterocycles. The molecule has 18 heavy (non-hydrogen) atoms. The van der Waals surface area contributed by atoms with Crippen molar-refractivity contribution in [3.63, 3.8) is 0 Å². The summed E-state index contributed by atoms with van der Waals surface area (Å²) in [6.45, 7) is 4.83. The quantitative estimate of drug-likeness (QED) is 0.942. The molecule has 1 aromatic carbocycles. The van der Waals surface area contributed by atoms with E-state index in [0.29, 0.717) is 6.54 Å². The van der Waals surface area contributed by atoms with Crippen molar-refractivity contribution in [2.75, 3.05) is 0 Å². The van der Waals surface area contributed by atoms with Gasteiger partial charge in [-0.05, 0) is 52.5 Å². The first-order valence-corrected chi connectivity index (χ1v) is 7.05. The average molecular weight is 308 g/mol. The highest BCUT2D eigenvalue weighted by molar-refractivity contribution is 9.10. The van der Waals surface area contributed by atoms with Gasteiger partial charge in [0.25, 0.3) is 0 Å². The predicted molar refractivity (Wildman–Crippen MR) is 77.9 cm³/mol. The zero-order valence-electron chi connectivity index (χ0n) is 10.8. The highest BCUT2D eigenvalue weighted by atomic mass is 79.9. The number of hydrogen-bond acceptors (Lipinski definition) is 2. The Morgan fingerprint density at radius 2 is 2.00 bits per heavy atom. The van der Waals surface area contributed by atoms with Gasteiger partial charge in [-0.25, -0.2) is 4.68 Å². The summed E-state index contributed by atoms with van der Waals surface area (Å²) in [4.78, 5) is 0. The van der Waals surface area contributed by atoms with Crippen molar-refractivity contribution in [3.05, 3.63) is 45.7 Å². The summed E-state index contributed by atoms with van der Waals surface area (Å²) in [6.07, 6.45) is 1.93. The van der Waals surface area contributed by atoms with Gasteiger partial charge in [-0.15, -0.1) is 0 Å². The Morgan fingerprint density at radius 1 is 1.22 bits per heavy atom. The van der Waals surface area contributed by atoms with E-state index in [-0.39, 0.29) is 0 Å². The van der Waals surface area contributed by atoms with E-state index in [1.807, 2.05) is 10.7 Å². The monoisotopic (exact) mass is 307 g/mol. The fourth-order valence-corrected chi connectivity index (χ4v) is 2.55. The number of benzene rings is 1. The minimum Gasteiger partial charge on any atom is -0.326 e. The summed E-state index contributed by atoms with van der Waals surface area (Å²) in [7, 11) is 0. The van der Waals surface area contributed by atoms with Crippen LogP contribution in [0.25, 0.3) is 5.69 Å². The van der Waals surface area contributed by atoms with Crippen LogP contribution in [0.4, 0.5) is 0 Å². The van der Waals surface area contributed by atoms with E-state index < -0.39 is 0 Å². The van der Waals surface area contributed by atoms with Crippen molar-refractivity contribution in [2.45, 2.75) is 33.2 Å². The normalized spacial score (nSPS) is 10.9. The predicted octanol–water partition coefficient (Wildman–Crippen LogP) is 3.22. The molecular weight excluding hydrogens is 290 g/mol. The van der Waals surface area contributed by atoms with Gasteiger partial charge in [0, 0.05) is 16.7 Å². The summed E-state index contributed by atoms with van der Waals surface area (Å²) in [6, 6.07) is 8.34. The summed E-state index contributed by atoms with van der Waals surface area (Å²) < 4.78 is 3.05. The lowest BCUT2D eigenvalue weighted by atomic mass is 10.2. The lowest BCUT2D eigenvalue weighted by molar-refractivity contribution is 0.790. The van der Waals surface area contributed by atoms with Crippen LogP contribution in [0, 0.1) is 0 Å². The molecule has 0 fully saturated rings. The first-order chi connectivity index (χ1) is 8.69. The van der Waals surface area contributed by atoms with Crippen molar-refractivity contribution in [1.82, 2.24) is 9.78 Å². The lowest BCUT2D eigenvalue weighted by Gasteiger charge is -2.09. The highest BCUT2D eigenvalue weighted by Gasteiger charge is 2.10. The molecule has 0 radical (unpaired) electrons. The van der Waals surface area contributed by atoms with Crippen molar-refractivity contribution < 1.29 is 0 Å². The molecule has 0 aliphatic carbocycles. The van der Waals surface area contributed by atoms with E-state index in [4.69, 9.17) is 5.73 Å². The van der Waals surface area contributed by atoms with E-state index in [1.54, 1.807) is 0 Å². The molecule has 0 spiro atoms. The van der Waals surface area contributed by atoms with Crippen LogP contribution in [-0.2, 0) is 19.4 Å². The second kappa shape index (κ2) is 5.67. The molecule has 0 unspecified atom stereocenters. The van der Waals surface area contributed by atoms with Crippen LogP contribution >= 0.6 is 15.9 Å². The van der Waals surface area contributed by atoms with E-state index in [2.05, 4.69) is 53.1 Å². The Balaban J connectivity index is 2.50. The van der Waals surface area contributed by atoms with E-state index >= 15 is 0 Å². The maximum Gasteiger partial charge on any atom is 0.0791 e. The van der Waals surface area contributed by atoms with Gasteiger partial charge in [-0.2, -0.15) is 5.10 Å². The number of hydrogen-bond donors (Lipinski definition) is 1. The maximum absolute atomic E-state index is 5.65. The molecule has 0 atom stereocenters. The van der Waals surface area contributed by atoms with Crippen LogP contribution in [-0.4, -0.2) is 9.78 Å². The van der Waals surface area contributed by atoms with Gasteiger partial charge in [0.2, 0.25) is 0 Å². The first-order valence-electron chi connectivity index (χ1n) is 6.26. The van der Waals surface area contributed by atoms with Gasteiger partial charge < -0.3 is 5.73 Å². The molecule has 1 aromatic heterocycles. The summed E-state index contributed by atoms with van der Waals surface area (Å²) in [5.41, 5.74) is 10.2. The molecule has 4 heteroatoms. The number of nitrogens with two attached hydrogens (primary N) is 1. The molecule has 0 aliphatic heterocycles. The van der Waals surface area contributed by atoms with Gasteiger partial charge in [0.1, 0.15) is 0 Å². The third kappa shape index (κ3) is 2.49. The topological polar surface area (TPSA) is 43.8 Å². The van der Waals surface area contributed by atoms with Gasteiger partial charge in [0.15, 0.2) is 0 Å². The number of aryl methyl sites for hydroxylation is 2. The Kier molecular flexibility index (Phi) is 4.19. The van der Waals surface area contributed by atoms with Crippen molar-refractivity contribution in [2.24, 2.45) is 5.73 Å². The third-order valence-corrected chi connectivity index (χ3v) is 3.67. The standard InChI is InChI=1S/C14H18BrN3/c1-3-11-8-12(4-2)18(17-11)14-6-5-10(9-16)7-13(14)15/h5-8H,3-4,9,16H2,1-2H3. The number of halogens is 1. The van der Waals surface area contributed by atoms with Crippen molar-refractivity contribution in [1.29, 1.82) is 0 Å². The Hall–Kier alpha value is -1.13.